The molecule has 17 heteroatoms. The SMILES string of the molecule is COc1ccc(C2(C(F)(F)C(F)(F)F)O/C(=C\C(F)(F)F)C(c3ccc(OC)cc3)(C(F)(F)C(F)(F)F)O2)cc1. The van der Waals surface area contributed by atoms with Gasteiger partial charge in [0.25, 0.3) is 0 Å². The van der Waals surface area contributed by atoms with E-state index in [1.165, 1.54) is 0 Å². The van der Waals surface area contributed by atoms with E-state index in [4.69, 9.17) is 9.47 Å². The van der Waals surface area contributed by atoms with Crippen LogP contribution in [0.15, 0.2) is 60.4 Å². The summed E-state index contributed by atoms with van der Waals surface area (Å²) in [6, 6.07) is 3.74. The number of ether oxygens (including phenoxy) is 4. The number of methoxy groups -OCH3 is 2. The Morgan fingerprint density at radius 1 is 0.600 bits per heavy atom. The van der Waals surface area contributed by atoms with Crippen LogP contribution >= 0.6 is 0 Å². The van der Waals surface area contributed by atoms with Crippen LogP contribution in [0.1, 0.15) is 11.1 Å². The van der Waals surface area contributed by atoms with Gasteiger partial charge in [0.15, 0.2) is 0 Å². The van der Waals surface area contributed by atoms with Crippen molar-refractivity contribution < 1.29 is 76.0 Å². The second-order valence-corrected chi connectivity index (χ2v) is 8.15. The van der Waals surface area contributed by atoms with Crippen LogP contribution in [0.25, 0.3) is 0 Å². The molecule has 40 heavy (non-hydrogen) atoms. The number of rotatable bonds is 6. The number of hydrogen-bond donors (Lipinski definition) is 0. The van der Waals surface area contributed by atoms with Crippen molar-refractivity contribution in [3.8, 4) is 11.5 Å². The molecule has 0 spiro atoms. The Bertz CT molecular complexity index is 1230. The molecule has 1 aliphatic rings. The predicted molar refractivity (Wildman–Crippen MR) is 108 cm³/mol. The van der Waals surface area contributed by atoms with Crippen molar-refractivity contribution >= 4 is 0 Å². The smallest absolute Gasteiger partial charge is 0.460 e. The summed E-state index contributed by atoms with van der Waals surface area (Å²) in [5.41, 5.74) is -8.27. The molecule has 0 N–H and O–H groups in total. The highest BCUT2D eigenvalue weighted by Crippen LogP contribution is 2.67. The Morgan fingerprint density at radius 2 is 1.00 bits per heavy atom. The third kappa shape index (κ3) is 4.77. The minimum Gasteiger partial charge on any atom is -0.497 e. The Hall–Kier alpha value is -3.37. The van der Waals surface area contributed by atoms with Gasteiger partial charge in [0.1, 0.15) is 17.3 Å². The van der Waals surface area contributed by atoms with Gasteiger partial charge in [-0.2, -0.15) is 57.1 Å². The number of allylic oxidation sites excluding steroid dienone is 1. The van der Waals surface area contributed by atoms with Gasteiger partial charge in [-0.3, -0.25) is 0 Å². The van der Waals surface area contributed by atoms with E-state index < -0.39 is 64.7 Å². The first-order chi connectivity index (χ1) is 18.1. The number of benzene rings is 2. The monoisotopic (exact) mass is 602 g/mol. The summed E-state index contributed by atoms with van der Waals surface area (Å²) in [5.74, 6) is -21.4. The van der Waals surface area contributed by atoms with Gasteiger partial charge < -0.3 is 18.9 Å². The average Bonchev–Trinajstić information content (AvgIpc) is 3.19. The van der Waals surface area contributed by atoms with Gasteiger partial charge in [0.2, 0.25) is 5.60 Å². The Labute approximate surface area is 215 Å². The van der Waals surface area contributed by atoms with E-state index in [0.29, 0.717) is 36.4 Å². The molecule has 0 aliphatic carbocycles. The first-order valence-corrected chi connectivity index (χ1v) is 10.5. The molecular weight excluding hydrogens is 587 g/mol. The first-order valence-electron chi connectivity index (χ1n) is 10.5. The molecule has 2 unspecified atom stereocenters. The number of alkyl halides is 13. The largest absolute Gasteiger partial charge is 0.497 e. The van der Waals surface area contributed by atoms with Crippen LogP contribution in [0, 0.1) is 0 Å². The van der Waals surface area contributed by atoms with Crippen molar-refractivity contribution in [2.75, 3.05) is 14.2 Å². The summed E-state index contributed by atoms with van der Waals surface area (Å²) in [6.07, 6.45) is -21.0. The normalized spacial score (nSPS) is 23.7. The summed E-state index contributed by atoms with van der Waals surface area (Å²) in [4.78, 5) is 0. The van der Waals surface area contributed by atoms with E-state index in [0.717, 1.165) is 14.2 Å². The summed E-state index contributed by atoms with van der Waals surface area (Å²) in [6.45, 7) is 0. The summed E-state index contributed by atoms with van der Waals surface area (Å²) < 4.78 is 202. The molecule has 0 saturated carbocycles. The highest BCUT2D eigenvalue weighted by molar-refractivity contribution is 5.43. The molecule has 1 fully saturated rings. The highest BCUT2D eigenvalue weighted by Gasteiger charge is 2.85. The lowest BCUT2D eigenvalue weighted by molar-refractivity contribution is -0.423. The first kappa shape index (κ1) is 31.2. The van der Waals surface area contributed by atoms with E-state index in [-0.39, 0.29) is 23.6 Å². The quantitative estimate of drug-likeness (QED) is 0.319. The summed E-state index contributed by atoms with van der Waals surface area (Å²) in [5, 5.41) is 0. The predicted octanol–water partition coefficient (Wildman–Crippen LogP) is 7.64. The Kier molecular flexibility index (Phi) is 7.50. The minimum absolute atomic E-state index is 0.236. The molecule has 2 atom stereocenters. The van der Waals surface area contributed by atoms with E-state index in [9.17, 15) is 39.5 Å². The maximum Gasteiger partial charge on any atom is 0.460 e. The fourth-order valence-electron chi connectivity index (χ4n) is 3.84. The van der Waals surface area contributed by atoms with Crippen LogP contribution in [-0.2, 0) is 20.9 Å². The summed E-state index contributed by atoms with van der Waals surface area (Å²) in [7, 11) is 2.01. The third-order valence-electron chi connectivity index (χ3n) is 5.73. The lowest BCUT2D eigenvalue weighted by Crippen LogP contribution is -2.60. The van der Waals surface area contributed by atoms with Crippen LogP contribution in [0.3, 0.4) is 0 Å². The van der Waals surface area contributed by atoms with Gasteiger partial charge in [0.05, 0.1) is 20.3 Å². The highest BCUT2D eigenvalue weighted by atomic mass is 19.4. The maximum absolute atomic E-state index is 15.3. The minimum atomic E-state index is -6.88. The zero-order chi connectivity index (χ0) is 30.6. The van der Waals surface area contributed by atoms with Gasteiger partial charge in [-0.25, -0.2) is 0 Å². The van der Waals surface area contributed by atoms with E-state index in [1.807, 2.05) is 0 Å². The fraction of sp³-hybridized carbons (Fsp3) is 0.391. The van der Waals surface area contributed by atoms with E-state index in [2.05, 4.69) is 9.47 Å². The zero-order valence-corrected chi connectivity index (χ0v) is 19.7. The molecule has 2 aromatic rings. The lowest BCUT2D eigenvalue weighted by Gasteiger charge is -2.40. The fourth-order valence-corrected chi connectivity index (χ4v) is 3.84. The van der Waals surface area contributed by atoms with Gasteiger partial charge in [-0.15, -0.1) is 0 Å². The molecule has 0 aromatic heterocycles. The van der Waals surface area contributed by atoms with Crippen LogP contribution in [-0.4, -0.2) is 44.6 Å². The number of hydrogen-bond acceptors (Lipinski definition) is 4. The average molecular weight is 602 g/mol. The summed E-state index contributed by atoms with van der Waals surface area (Å²) >= 11 is 0. The van der Waals surface area contributed by atoms with Crippen molar-refractivity contribution in [1.29, 1.82) is 0 Å². The molecular formula is C23H15F13O4. The van der Waals surface area contributed by atoms with Crippen LogP contribution in [0.4, 0.5) is 57.1 Å². The van der Waals surface area contributed by atoms with Crippen molar-refractivity contribution in [3.63, 3.8) is 0 Å². The Morgan fingerprint density at radius 3 is 1.35 bits per heavy atom. The van der Waals surface area contributed by atoms with Crippen LogP contribution in [0.2, 0.25) is 0 Å². The van der Waals surface area contributed by atoms with Crippen molar-refractivity contribution in [2.45, 2.75) is 41.8 Å². The molecule has 1 aliphatic heterocycles. The third-order valence-corrected chi connectivity index (χ3v) is 5.73. The molecule has 3 rings (SSSR count). The molecule has 0 bridgehead atoms. The molecule has 222 valence electrons. The van der Waals surface area contributed by atoms with Crippen LogP contribution in [0.5, 0.6) is 11.5 Å². The second-order valence-electron chi connectivity index (χ2n) is 8.15. The van der Waals surface area contributed by atoms with E-state index >= 15 is 17.6 Å². The molecule has 4 nitrogen and oxygen atoms in total. The lowest BCUT2D eigenvalue weighted by atomic mass is 9.84. The van der Waals surface area contributed by atoms with Crippen molar-refractivity contribution in [2.24, 2.45) is 0 Å². The van der Waals surface area contributed by atoms with E-state index in [1.54, 1.807) is 0 Å². The van der Waals surface area contributed by atoms with Gasteiger partial charge in [-0.05, 0) is 42.0 Å². The molecule has 2 aromatic carbocycles. The van der Waals surface area contributed by atoms with Crippen molar-refractivity contribution in [1.82, 2.24) is 0 Å². The molecule has 1 heterocycles. The molecule has 0 radical (unpaired) electrons. The van der Waals surface area contributed by atoms with Gasteiger partial charge in [0, 0.05) is 5.56 Å². The number of halogens is 13. The Balaban J connectivity index is 2.55. The molecule has 0 amide bonds. The molecule has 1 saturated heterocycles. The zero-order valence-electron chi connectivity index (χ0n) is 19.7. The maximum atomic E-state index is 15.3. The second kappa shape index (κ2) is 9.62. The van der Waals surface area contributed by atoms with Crippen molar-refractivity contribution in [3.05, 3.63) is 71.5 Å². The topological polar surface area (TPSA) is 36.9 Å². The van der Waals surface area contributed by atoms with Gasteiger partial charge in [-0.1, -0.05) is 12.1 Å². The van der Waals surface area contributed by atoms with Gasteiger partial charge >= 0.3 is 36.2 Å². The standard InChI is InChI=1S/C23H15F13O4/c1-37-14-7-3-12(4-8-14)18(20(27,28)22(31,32)33)16(11-17(24,25)26)39-19(40-18,21(29,30)23(34,35)36)13-5-9-15(38-2)10-6-13/h3-11H,1-2H3/b16-11-. The van der Waals surface area contributed by atoms with Crippen LogP contribution < -0.4 is 9.47 Å².